The van der Waals surface area contributed by atoms with Crippen LogP contribution in [-0.4, -0.2) is 14.2 Å². The Morgan fingerprint density at radius 2 is 2.12 bits per heavy atom. The van der Waals surface area contributed by atoms with Crippen LogP contribution in [0.15, 0.2) is 18.2 Å². The SMILES string of the molecule is CNC(c1ccc(Cl)c(OC)c1)C1CC1(C)C. The van der Waals surface area contributed by atoms with Gasteiger partial charge < -0.3 is 10.1 Å². The van der Waals surface area contributed by atoms with E-state index in [9.17, 15) is 0 Å². The number of nitrogens with one attached hydrogen (secondary N) is 1. The predicted octanol–water partition coefficient (Wildman–Crippen LogP) is 3.66. The Hall–Kier alpha value is -0.730. The van der Waals surface area contributed by atoms with E-state index in [4.69, 9.17) is 16.3 Å². The van der Waals surface area contributed by atoms with Gasteiger partial charge >= 0.3 is 0 Å². The number of methoxy groups -OCH3 is 1. The van der Waals surface area contributed by atoms with Crippen LogP contribution in [0, 0.1) is 11.3 Å². The lowest BCUT2D eigenvalue weighted by molar-refractivity contribution is 0.409. The van der Waals surface area contributed by atoms with E-state index >= 15 is 0 Å². The maximum atomic E-state index is 6.05. The highest BCUT2D eigenvalue weighted by Gasteiger charge is 2.50. The smallest absolute Gasteiger partial charge is 0.137 e. The van der Waals surface area contributed by atoms with E-state index in [1.54, 1.807) is 7.11 Å². The van der Waals surface area contributed by atoms with Crippen LogP contribution in [0.5, 0.6) is 5.75 Å². The Morgan fingerprint density at radius 3 is 2.59 bits per heavy atom. The second kappa shape index (κ2) is 4.51. The molecule has 2 unspecified atom stereocenters. The highest BCUT2D eigenvalue weighted by atomic mass is 35.5. The summed E-state index contributed by atoms with van der Waals surface area (Å²) in [6, 6.07) is 6.42. The molecule has 17 heavy (non-hydrogen) atoms. The highest BCUT2D eigenvalue weighted by Crippen LogP contribution is 2.57. The first kappa shape index (κ1) is 12.7. The van der Waals surface area contributed by atoms with Crippen molar-refractivity contribution >= 4 is 11.6 Å². The number of hydrogen-bond acceptors (Lipinski definition) is 2. The molecule has 1 fully saturated rings. The molecule has 0 spiro atoms. The van der Waals surface area contributed by atoms with Crippen molar-refractivity contribution in [2.75, 3.05) is 14.2 Å². The third kappa shape index (κ3) is 2.43. The summed E-state index contributed by atoms with van der Waals surface area (Å²) in [5.41, 5.74) is 1.70. The minimum Gasteiger partial charge on any atom is -0.495 e. The Bertz CT molecular complexity index is 417. The number of hydrogen-bond donors (Lipinski definition) is 1. The maximum Gasteiger partial charge on any atom is 0.137 e. The van der Waals surface area contributed by atoms with Gasteiger partial charge in [-0.05, 0) is 42.5 Å². The van der Waals surface area contributed by atoms with Gasteiger partial charge in [0.25, 0.3) is 0 Å². The summed E-state index contributed by atoms with van der Waals surface area (Å²) < 4.78 is 5.27. The first-order valence-corrected chi connectivity index (χ1v) is 6.38. The van der Waals surface area contributed by atoms with Crippen LogP contribution in [-0.2, 0) is 0 Å². The van der Waals surface area contributed by atoms with Crippen LogP contribution in [0.4, 0.5) is 0 Å². The number of halogens is 1. The summed E-state index contributed by atoms with van der Waals surface area (Å²) in [4.78, 5) is 0. The number of rotatable bonds is 4. The van der Waals surface area contributed by atoms with Crippen molar-refractivity contribution in [2.45, 2.75) is 26.3 Å². The molecule has 2 rings (SSSR count). The average molecular weight is 254 g/mol. The minimum atomic E-state index is 0.385. The summed E-state index contributed by atoms with van der Waals surface area (Å²) >= 11 is 6.05. The molecule has 0 heterocycles. The fraction of sp³-hybridized carbons (Fsp3) is 0.571. The first-order valence-electron chi connectivity index (χ1n) is 6.00. The van der Waals surface area contributed by atoms with E-state index in [0.29, 0.717) is 22.4 Å². The number of benzene rings is 1. The van der Waals surface area contributed by atoms with Crippen molar-refractivity contribution in [1.82, 2.24) is 5.32 Å². The molecule has 2 atom stereocenters. The molecule has 0 radical (unpaired) electrons. The third-order valence-electron chi connectivity index (χ3n) is 3.84. The van der Waals surface area contributed by atoms with Gasteiger partial charge in [-0.3, -0.25) is 0 Å². The van der Waals surface area contributed by atoms with Gasteiger partial charge in [-0.25, -0.2) is 0 Å². The molecule has 0 amide bonds. The van der Waals surface area contributed by atoms with Gasteiger partial charge in [0.15, 0.2) is 0 Å². The van der Waals surface area contributed by atoms with Crippen LogP contribution in [0.1, 0.15) is 31.9 Å². The van der Waals surface area contributed by atoms with Crippen LogP contribution < -0.4 is 10.1 Å². The van der Waals surface area contributed by atoms with Crippen molar-refractivity contribution in [3.63, 3.8) is 0 Å². The van der Waals surface area contributed by atoms with Crippen molar-refractivity contribution in [1.29, 1.82) is 0 Å². The maximum absolute atomic E-state index is 6.05. The summed E-state index contributed by atoms with van der Waals surface area (Å²) in [6.07, 6.45) is 1.27. The zero-order chi connectivity index (χ0) is 12.6. The monoisotopic (exact) mass is 253 g/mol. The molecule has 1 aromatic carbocycles. The molecule has 0 aliphatic heterocycles. The Balaban J connectivity index is 2.26. The fourth-order valence-corrected chi connectivity index (χ4v) is 2.74. The predicted molar refractivity (Wildman–Crippen MR) is 71.7 cm³/mol. The quantitative estimate of drug-likeness (QED) is 0.884. The average Bonchev–Trinajstić information content (AvgIpc) is 2.91. The molecular weight excluding hydrogens is 234 g/mol. The topological polar surface area (TPSA) is 21.3 Å². The van der Waals surface area contributed by atoms with Gasteiger partial charge in [0.1, 0.15) is 5.75 Å². The first-order chi connectivity index (χ1) is 7.99. The molecule has 0 aromatic heterocycles. The second-order valence-corrected chi connectivity index (χ2v) is 5.87. The lowest BCUT2D eigenvalue weighted by Crippen LogP contribution is -2.20. The molecule has 1 aliphatic carbocycles. The molecule has 3 heteroatoms. The summed E-state index contributed by atoms with van der Waals surface area (Å²) in [6.45, 7) is 4.63. The molecule has 0 saturated heterocycles. The van der Waals surface area contributed by atoms with Crippen LogP contribution in [0.3, 0.4) is 0 Å². The van der Waals surface area contributed by atoms with Crippen LogP contribution in [0.2, 0.25) is 5.02 Å². The Labute approximate surface area is 108 Å². The lowest BCUT2D eigenvalue weighted by atomic mass is 9.97. The van der Waals surface area contributed by atoms with E-state index < -0.39 is 0 Å². The third-order valence-corrected chi connectivity index (χ3v) is 4.15. The van der Waals surface area contributed by atoms with E-state index in [2.05, 4.69) is 25.2 Å². The van der Waals surface area contributed by atoms with Gasteiger partial charge in [0.05, 0.1) is 12.1 Å². The molecule has 1 saturated carbocycles. The van der Waals surface area contributed by atoms with Gasteiger partial charge in [-0.2, -0.15) is 0 Å². The molecule has 1 aliphatic rings. The lowest BCUT2D eigenvalue weighted by Gasteiger charge is -2.19. The van der Waals surface area contributed by atoms with Crippen molar-refractivity contribution in [3.05, 3.63) is 28.8 Å². The fourth-order valence-electron chi connectivity index (χ4n) is 2.55. The van der Waals surface area contributed by atoms with Crippen molar-refractivity contribution in [2.24, 2.45) is 11.3 Å². The number of ether oxygens (including phenoxy) is 1. The molecule has 2 nitrogen and oxygen atoms in total. The summed E-state index contributed by atoms with van der Waals surface area (Å²) in [7, 11) is 3.67. The minimum absolute atomic E-state index is 0.385. The highest BCUT2D eigenvalue weighted by molar-refractivity contribution is 6.32. The second-order valence-electron chi connectivity index (χ2n) is 5.46. The van der Waals surface area contributed by atoms with E-state index in [1.165, 1.54) is 12.0 Å². The van der Waals surface area contributed by atoms with Crippen molar-refractivity contribution < 1.29 is 4.74 Å². The van der Waals surface area contributed by atoms with Crippen LogP contribution in [0.25, 0.3) is 0 Å². The van der Waals surface area contributed by atoms with Gasteiger partial charge in [0.2, 0.25) is 0 Å². The molecule has 94 valence electrons. The summed E-state index contributed by atoms with van der Waals surface area (Å²) in [5, 5.41) is 4.08. The molecule has 1 N–H and O–H groups in total. The van der Waals surface area contributed by atoms with E-state index in [-0.39, 0.29) is 0 Å². The van der Waals surface area contributed by atoms with Crippen LogP contribution >= 0.6 is 11.6 Å². The molecular formula is C14H20ClNO. The van der Waals surface area contributed by atoms with Gasteiger partial charge in [0, 0.05) is 6.04 Å². The van der Waals surface area contributed by atoms with Crippen molar-refractivity contribution in [3.8, 4) is 5.75 Å². The van der Waals surface area contributed by atoms with E-state index in [1.807, 2.05) is 19.2 Å². The van der Waals surface area contributed by atoms with E-state index in [0.717, 1.165) is 5.75 Å². The summed E-state index contributed by atoms with van der Waals surface area (Å²) in [5.74, 6) is 1.45. The Kier molecular flexibility index (Phi) is 3.37. The van der Waals surface area contributed by atoms with Gasteiger partial charge in [-0.15, -0.1) is 0 Å². The zero-order valence-corrected chi connectivity index (χ0v) is 11.6. The molecule has 1 aromatic rings. The normalized spacial score (nSPS) is 23.2. The molecule has 0 bridgehead atoms. The standard InChI is InChI=1S/C14H20ClNO/c1-14(2)8-10(14)13(16-3)9-5-6-11(15)12(7-9)17-4/h5-7,10,13,16H,8H2,1-4H3. The Morgan fingerprint density at radius 1 is 1.47 bits per heavy atom. The zero-order valence-electron chi connectivity index (χ0n) is 10.9. The van der Waals surface area contributed by atoms with Gasteiger partial charge in [-0.1, -0.05) is 31.5 Å². The largest absolute Gasteiger partial charge is 0.495 e.